The number of hydrogen-bond acceptors (Lipinski definition) is 3. The molecule has 0 radical (unpaired) electrons. The van der Waals surface area contributed by atoms with Crippen molar-refractivity contribution in [3.8, 4) is 5.75 Å². The van der Waals surface area contributed by atoms with Gasteiger partial charge in [0, 0.05) is 11.6 Å². The summed E-state index contributed by atoms with van der Waals surface area (Å²) in [5.41, 5.74) is 1.02. The monoisotopic (exact) mass is 211 g/mol. The molecule has 0 N–H and O–H groups in total. The van der Waals surface area contributed by atoms with Crippen molar-refractivity contribution < 1.29 is 9.53 Å². The summed E-state index contributed by atoms with van der Waals surface area (Å²) in [6, 6.07) is 3.68. The van der Waals surface area contributed by atoms with E-state index in [4.69, 9.17) is 16.3 Å². The predicted molar refractivity (Wildman–Crippen MR) is 52.8 cm³/mol. The maximum atomic E-state index is 10.1. The third kappa shape index (κ3) is 2.04. The van der Waals surface area contributed by atoms with Gasteiger partial charge in [-0.3, -0.25) is 4.79 Å². The van der Waals surface area contributed by atoms with Crippen molar-refractivity contribution in [2.45, 2.75) is 18.8 Å². The quantitative estimate of drug-likeness (QED) is 0.566. The van der Waals surface area contributed by atoms with Crippen LogP contribution in [-0.4, -0.2) is 17.9 Å². The number of hydrogen-bond donors (Lipinski definition) is 0. The highest BCUT2D eigenvalue weighted by Crippen LogP contribution is 2.40. The SMILES string of the molecule is O=CCOc1ccc(C2CC2)nc1Cl. The fourth-order valence-electron chi connectivity index (χ4n) is 1.27. The van der Waals surface area contributed by atoms with Crippen LogP contribution in [0.1, 0.15) is 24.5 Å². The molecule has 1 heterocycles. The molecule has 1 aliphatic carbocycles. The van der Waals surface area contributed by atoms with Gasteiger partial charge in [-0.15, -0.1) is 0 Å². The summed E-state index contributed by atoms with van der Waals surface area (Å²) in [5, 5.41) is 0.344. The number of carbonyl (C=O) groups is 1. The first kappa shape index (κ1) is 9.46. The Morgan fingerprint density at radius 2 is 2.36 bits per heavy atom. The van der Waals surface area contributed by atoms with Crippen LogP contribution < -0.4 is 4.74 Å². The van der Waals surface area contributed by atoms with Crippen LogP contribution in [0.15, 0.2) is 12.1 Å². The second-order valence-electron chi connectivity index (χ2n) is 3.28. The molecule has 0 unspecified atom stereocenters. The third-order valence-corrected chi connectivity index (χ3v) is 2.41. The molecular weight excluding hydrogens is 202 g/mol. The minimum atomic E-state index is 0.0180. The average molecular weight is 212 g/mol. The first-order chi connectivity index (χ1) is 6.81. The summed E-state index contributed by atoms with van der Waals surface area (Å²) in [4.78, 5) is 14.3. The van der Waals surface area contributed by atoms with E-state index < -0.39 is 0 Å². The molecule has 0 saturated heterocycles. The largest absolute Gasteiger partial charge is 0.483 e. The molecule has 0 aromatic carbocycles. The van der Waals surface area contributed by atoms with Gasteiger partial charge in [0.15, 0.2) is 17.2 Å². The minimum Gasteiger partial charge on any atom is -0.483 e. The van der Waals surface area contributed by atoms with Crippen LogP contribution in [0.3, 0.4) is 0 Å². The lowest BCUT2D eigenvalue weighted by molar-refractivity contribution is -0.109. The van der Waals surface area contributed by atoms with Crippen LogP contribution in [0, 0.1) is 0 Å². The van der Waals surface area contributed by atoms with Crippen LogP contribution in [0.2, 0.25) is 5.15 Å². The molecule has 1 aromatic heterocycles. The highest BCUT2D eigenvalue weighted by atomic mass is 35.5. The van der Waals surface area contributed by atoms with Gasteiger partial charge in [0.05, 0.1) is 0 Å². The van der Waals surface area contributed by atoms with Crippen molar-refractivity contribution in [3.63, 3.8) is 0 Å². The van der Waals surface area contributed by atoms with Crippen LogP contribution in [0.25, 0.3) is 0 Å². The van der Waals surface area contributed by atoms with Crippen LogP contribution >= 0.6 is 11.6 Å². The Kier molecular flexibility index (Phi) is 2.68. The van der Waals surface area contributed by atoms with E-state index in [1.807, 2.05) is 6.07 Å². The molecule has 1 aliphatic rings. The van der Waals surface area contributed by atoms with E-state index in [1.165, 1.54) is 12.8 Å². The van der Waals surface area contributed by atoms with Gasteiger partial charge in [0.2, 0.25) is 0 Å². The zero-order valence-corrected chi connectivity index (χ0v) is 8.33. The summed E-state index contributed by atoms with van der Waals surface area (Å²) in [6.45, 7) is 0.0180. The molecule has 4 heteroatoms. The van der Waals surface area contributed by atoms with Crippen LogP contribution in [-0.2, 0) is 4.79 Å². The lowest BCUT2D eigenvalue weighted by atomic mass is 10.2. The summed E-state index contributed by atoms with van der Waals surface area (Å²) >= 11 is 5.88. The Hall–Kier alpha value is -1.09. The molecule has 3 nitrogen and oxygen atoms in total. The third-order valence-electron chi connectivity index (χ3n) is 2.14. The number of nitrogens with zero attached hydrogens (tertiary/aromatic N) is 1. The Morgan fingerprint density at radius 1 is 1.57 bits per heavy atom. The van der Waals surface area contributed by atoms with Crippen molar-refractivity contribution in [2.75, 3.05) is 6.61 Å². The fourth-order valence-corrected chi connectivity index (χ4v) is 1.49. The molecule has 74 valence electrons. The Morgan fingerprint density at radius 3 is 2.93 bits per heavy atom. The molecular formula is C10H10ClNO2. The number of ether oxygens (including phenoxy) is 1. The zero-order valence-electron chi connectivity index (χ0n) is 7.57. The highest BCUT2D eigenvalue weighted by Gasteiger charge is 2.25. The number of aldehydes is 1. The summed E-state index contributed by atoms with van der Waals surface area (Å²) in [5.74, 6) is 1.05. The summed E-state index contributed by atoms with van der Waals surface area (Å²) < 4.78 is 5.08. The van der Waals surface area contributed by atoms with Crippen molar-refractivity contribution >= 4 is 17.9 Å². The molecule has 0 spiro atoms. The lowest BCUT2D eigenvalue weighted by Gasteiger charge is -2.05. The van der Waals surface area contributed by atoms with Gasteiger partial charge >= 0.3 is 0 Å². The molecule has 2 rings (SSSR count). The van der Waals surface area contributed by atoms with Gasteiger partial charge in [-0.05, 0) is 25.0 Å². The van der Waals surface area contributed by atoms with Gasteiger partial charge in [0.1, 0.15) is 6.61 Å². The van der Waals surface area contributed by atoms with E-state index in [1.54, 1.807) is 6.07 Å². The van der Waals surface area contributed by atoms with Gasteiger partial charge in [0.25, 0.3) is 0 Å². The van der Waals surface area contributed by atoms with E-state index in [2.05, 4.69) is 4.98 Å². The van der Waals surface area contributed by atoms with Crippen LogP contribution in [0.5, 0.6) is 5.75 Å². The lowest BCUT2D eigenvalue weighted by Crippen LogP contribution is -1.99. The van der Waals surface area contributed by atoms with E-state index in [-0.39, 0.29) is 6.61 Å². The number of halogens is 1. The first-order valence-electron chi connectivity index (χ1n) is 4.54. The maximum absolute atomic E-state index is 10.1. The zero-order chi connectivity index (χ0) is 9.97. The molecule has 14 heavy (non-hydrogen) atoms. The fraction of sp³-hybridized carbons (Fsp3) is 0.400. The molecule has 0 amide bonds. The smallest absolute Gasteiger partial charge is 0.171 e. The van der Waals surface area contributed by atoms with Crippen LogP contribution in [0.4, 0.5) is 0 Å². The Bertz CT molecular complexity index is 350. The van der Waals surface area contributed by atoms with Crippen molar-refractivity contribution in [1.82, 2.24) is 4.98 Å². The van der Waals surface area contributed by atoms with E-state index in [0.29, 0.717) is 23.1 Å². The van der Waals surface area contributed by atoms with Crippen molar-refractivity contribution in [1.29, 1.82) is 0 Å². The van der Waals surface area contributed by atoms with Crippen molar-refractivity contribution in [3.05, 3.63) is 23.0 Å². The number of carbonyl (C=O) groups excluding carboxylic acids is 1. The Labute approximate surface area is 87.0 Å². The first-order valence-corrected chi connectivity index (χ1v) is 4.92. The second-order valence-corrected chi connectivity index (χ2v) is 3.64. The highest BCUT2D eigenvalue weighted by molar-refractivity contribution is 6.30. The molecule has 1 saturated carbocycles. The van der Waals surface area contributed by atoms with Gasteiger partial charge in [-0.1, -0.05) is 11.6 Å². The summed E-state index contributed by atoms with van der Waals surface area (Å²) in [7, 11) is 0. The van der Waals surface area contributed by atoms with E-state index in [9.17, 15) is 4.79 Å². The van der Waals surface area contributed by atoms with Gasteiger partial charge in [-0.2, -0.15) is 0 Å². The second kappa shape index (κ2) is 3.96. The van der Waals surface area contributed by atoms with E-state index >= 15 is 0 Å². The molecule has 0 bridgehead atoms. The normalized spacial score (nSPS) is 15.2. The van der Waals surface area contributed by atoms with Gasteiger partial charge < -0.3 is 4.74 Å². The number of aromatic nitrogens is 1. The standard InChI is InChI=1S/C10H10ClNO2/c11-10-9(14-6-5-13)4-3-8(12-10)7-1-2-7/h3-5,7H,1-2,6H2. The molecule has 0 atom stereocenters. The summed E-state index contributed by atoms with van der Waals surface area (Å²) in [6.07, 6.45) is 3.07. The van der Waals surface area contributed by atoms with Crippen molar-refractivity contribution in [2.24, 2.45) is 0 Å². The molecule has 1 fully saturated rings. The van der Waals surface area contributed by atoms with Gasteiger partial charge in [-0.25, -0.2) is 4.98 Å². The topological polar surface area (TPSA) is 39.2 Å². The van der Waals surface area contributed by atoms with E-state index in [0.717, 1.165) is 5.69 Å². The number of pyridine rings is 1. The Balaban J connectivity index is 2.13. The number of rotatable bonds is 4. The maximum Gasteiger partial charge on any atom is 0.171 e. The average Bonchev–Trinajstić information content (AvgIpc) is 2.99. The molecule has 1 aromatic rings. The predicted octanol–water partition coefficient (Wildman–Crippen LogP) is 2.19. The molecule has 0 aliphatic heterocycles. The minimum absolute atomic E-state index is 0.0180.